The minimum absolute atomic E-state index is 0.149. The lowest BCUT2D eigenvalue weighted by Gasteiger charge is -2.21. The second kappa shape index (κ2) is 5.12. The van der Waals surface area contributed by atoms with Gasteiger partial charge in [-0.2, -0.15) is 0 Å². The van der Waals surface area contributed by atoms with Crippen molar-refractivity contribution in [1.29, 1.82) is 0 Å². The van der Waals surface area contributed by atoms with Crippen molar-refractivity contribution in [2.24, 2.45) is 11.8 Å². The van der Waals surface area contributed by atoms with E-state index in [1.54, 1.807) is 0 Å². The Bertz CT molecular complexity index is 577. The molecule has 0 fully saturated rings. The maximum Gasteiger partial charge on any atom is 0.257 e. The van der Waals surface area contributed by atoms with Crippen molar-refractivity contribution in [3.63, 3.8) is 0 Å². The van der Waals surface area contributed by atoms with Gasteiger partial charge in [0.1, 0.15) is 6.04 Å². The molecule has 1 aromatic heterocycles. The van der Waals surface area contributed by atoms with Gasteiger partial charge < -0.3 is 4.57 Å². The third-order valence-electron chi connectivity index (χ3n) is 3.03. The number of rotatable bonds is 3. The molecule has 96 valence electrons. The van der Waals surface area contributed by atoms with E-state index < -0.39 is 0 Å². The largest absolute Gasteiger partial charge is 0.333 e. The summed E-state index contributed by atoms with van der Waals surface area (Å²) in [5.74, 6) is 5.24. The van der Waals surface area contributed by atoms with Gasteiger partial charge in [-0.25, -0.2) is 5.84 Å². The number of amides is 1. The van der Waals surface area contributed by atoms with Crippen molar-refractivity contribution in [1.82, 2.24) is 9.99 Å². The number of fused-ring (bicyclic) bond motifs is 1. The van der Waals surface area contributed by atoms with Gasteiger partial charge in [0, 0.05) is 21.6 Å². The first-order valence-electron chi connectivity index (χ1n) is 5.81. The van der Waals surface area contributed by atoms with Gasteiger partial charge in [-0.1, -0.05) is 32.0 Å². The predicted molar refractivity (Wildman–Crippen MR) is 75.8 cm³/mol. The molecule has 0 bridgehead atoms. The fraction of sp³-hybridized carbons (Fsp3) is 0.308. The van der Waals surface area contributed by atoms with Crippen molar-refractivity contribution in [3.05, 3.63) is 34.9 Å². The second-order valence-corrected chi connectivity index (χ2v) is 5.45. The van der Waals surface area contributed by atoms with Crippen LogP contribution in [0, 0.1) is 5.92 Å². The summed E-state index contributed by atoms with van der Waals surface area (Å²) in [5, 5.41) is 1.09. The van der Waals surface area contributed by atoms with E-state index in [1.165, 1.54) is 0 Å². The monoisotopic (exact) mass is 309 g/mol. The lowest BCUT2D eigenvalue weighted by molar-refractivity contribution is -0.125. The molecule has 2 aromatic rings. The number of nitrogens with zero attached hydrogens (tertiary/aromatic N) is 1. The number of halogens is 1. The van der Waals surface area contributed by atoms with Gasteiger partial charge in [-0.3, -0.25) is 10.2 Å². The molecule has 5 heteroatoms. The zero-order valence-electron chi connectivity index (χ0n) is 10.4. The molecule has 18 heavy (non-hydrogen) atoms. The standard InChI is InChI=1S/C13H16BrN3O/c1-8(2)12(13(18)16-15)17-7-10(14)9-5-3-4-6-11(9)17/h3-8,12H,15H2,1-2H3,(H,16,18). The summed E-state index contributed by atoms with van der Waals surface area (Å²) in [6.07, 6.45) is 1.94. The third-order valence-corrected chi connectivity index (χ3v) is 3.67. The Kier molecular flexibility index (Phi) is 3.73. The molecular formula is C13H16BrN3O. The molecule has 0 aliphatic carbocycles. The van der Waals surface area contributed by atoms with E-state index in [-0.39, 0.29) is 17.9 Å². The summed E-state index contributed by atoms with van der Waals surface area (Å²) in [5.41, 5.74) is 3.26. The maximum atomic E-state index is 11.9. The highest BCUT2D eigenvalue weighted by Gasteiger charge is 2.25. The molecule has 0 spiro atoms. The number of aromatic nitrogens is 1. The van der Waals surface area contributed by atoms with Gasteiger partial charge in [-0.15, -0.1) is 0 Å². The van der Waals surface area contributed by atoms with Crippen molar-refractivity contribution in [3.8, 4) is 0 Å². The van der Waals surface area contributed by atoms with Crippen LogP contribution < -0.4 is 11.3 Å². The molecule has 0 radical (unpaired) electrons. The first kappa shape index (κ1) is 13.1. The Morgan fingerprint density at radius 3 is 2.67 bits per heavy atom. The van der Waals surface area contributed by atoms with E-state index >= 15 is 0 Å². The summed E-state index contributed by atoms with van der Waals surface area (Å²) in [6, 6.07) is 7.65. The van der Waals surface area contributed by atoms with Crippen molar-refractivity contribution < 1.29 is 4.79 Å². The number of benzene rings is 1. The number of nitrogens with one attached hydrogen (secondary N) is 1. The highest BCUT2D eigenvalue weighted by atomic mass is 79.9. The van der Waals surface area contributed by atoms with E-state index in [2.05, 4.69) is 21.4 Å². The molecule has 1 heterocycles. The Hall–Kier alpha value is -1.33. The van der Waals surface area contributed by atoms with Gasteiger partial charge in [0.05, 0.1) is 0 Å². The fourth-order valence-corrected chi connectivity index (χ4v) is 2.78. The summed E-state index contributed by atoms with van der Waals surface area (Å²) in [4.78, 5) is 11.9. The Morgan fingerprint density at radius 2 is 2.06 bits per heavy atom. The van der Waals surface area contributed by atoms with Crippen LogP contribution >= 0.6 is 15.9 Å². The number of para-hydroxylation sites is 1. The van der Waals surface area contributed by atoms with Crippen LogP contribution in [0.15, 0.2) is 34.9 Å². The lowest BCUT2D eigenvalue weighted by Crippen LogP contribution is -2.39. The molecule has 0 aliphatic rings. The SMILES string of the molecule is CC(C)C(C(=O)NN)n1cc(Br)c2ccccc21. The Balaban J connectivity index is 2.61. The van der Waals surface area contributed by atoms with Crippen LogP contribution in [0.5, 0.6) is 0 Å². The fourth-order valence-electron chi connectivity index (χ4n) is 2.23. The summed E-state index contributed by atoms with van der Waals surface area (Å²) in [7, 11) is 0. The van der Waals surface area contributed by atoms with Crippen molar-refractivity contribution in [2.75, 3.05) is 0 Å². The van der Waals surface area contributed by atoms with Crippen LogP contribution in [0.2, 0.25) is 0 Å². The molecule has 1 atom stereocenters. The van der Waals surface area contributed by atoms with Crippen LogP contribution in [-0.4, -0.2) is 10.5 Å². The van der Waals surface area contributed by atoms with E-state index in [0.29, 0.717) is 0 Å². The lowest BCUT2D eigenvalue weighted by atomic mass is 10.0. The van der Waals surface area contributed by atoms with Crippen LogP contribution in [0.25, 0.3) is 10.9 Å². The minimum atomic E-state index is -0.314. The molecule has 0 saturated carbocycles. The number of carbonyl (C=O) groups excluding carboxylic acids is 1. The van der Waals surface area contributed by atoms with E-state index in [1.807, 2.05) is 48.9 Å². The van der Waals surface area contributed by atoms with Crippen molar-refractivity contribution in [2.45, 2.75) is 19.9 Å². The molecular weight excluding hydrogens is 294 g/mol. The zero-order valence-corrected chi connectivity index (χ0v) is 11.9. The van der Waals surface area contributed by atoms with Crippen LogP contribution in [0.1, 0.15) is 19.9 Å². The van der Waals surface area contributed by atoms with E-state index in [0.717, 1.165) is 15.4 Å². The molecule has 1 aromatic carbocycles. The van der Waals surface area contributed by atoms with Gasteiger partial charge in [0.2, 0.25) is 0 Å². The van der Waals surface area contributed by atoms with Gasteiger partial charge >= 0.3 is 0 Å². The highest BCUT2D eigenvalue weighted by molar-refractivity contribution is 9.10. The third kappa shape index (κ3) is 2.15. The first-order chi connectivity index (χ1) is 8.56. The quantitative estimate of drug-likeness (QED) is 0.520. The van der Waals surface area contributed by atoms with Crippen LogP contribution in [0.3, 0.4) is 0 Å². The topological polar surface area (TPSA) is 60.1 Å². The highest BCUT2D eigenvalue weighted by Crippen LogP contribution is 2.31. The number of hydrogen-bond donors (Lipinski definition) is 2. The average molecular weight is 310 g/mol. The van der Waals surface area contributed by atoms with Crippen molar-refractivity contribution >= 4 is 32.7 Å². The van der Waals surface area contributed by atoms with E-state index in [4.69, 9.17) is 5.84 Å². The normalized spacial score (nSPS) is 12.9. The Labute approximate surface area is 114 Å². The molecule has 2 rings (SSSR count). The molecule has 0 aliphatic heterocycles. The number of carbonyl (C=O) groups is 1. The maximum absolute atomic E-state index is 11.9. The number of nitrogens with two attached hydrogens (primary N) is 1. The minimum Gasteiger partial charge on any atom is -0.333 e. The van der Waals surface area contributed by atoms with Gasteiger partial charge in [0.15, 0.2) is 0 Å². The molecule has 3 N–H and O–H groups in total. The second-order valence-electron chi connectivity index (χ2n) is 4.60. The average Bonchev–Trinajstić information content (AvgIpc) is 2.67. The predicted octanol–water partition coefficient (Wildman–Crippen LogP) is 2.59. The zero-order chi connectivity index (χ0) is 13.3. The smallest absolute Gasteiger partial charge is 0.257 e. The summed E-state index contributed by atoms with van der Waals surface area (Å²) >= 11 is 3.52. The molecule has 1 amide bonds. The Morgan fingerprint density at radius 1 is 1.39 bits per heavy atom. The molecule has 1 unspecified atom stereocenters. The molecule has 4 nitrogen and oxygen atoms in total. The summed E-state index contributed by atoms with van der Waals surface area (Å²) < 4.78 is 2.94. The number of hydrazine groups is 1. The van der Waals surface area contributed by atoms with Crippen LogP contribution in [0.4, 0.5) is 0 Å². The summed E-state index contributed by atoms with van der Waals surface area (Å²) in [6.45, 7) is 4.01. The number of hydrogen-bond acceptors (Lipinski definition) is 2. The van der Waals surface area contributed by atoms with Crippen LogP contribution in [-0.2, 0) is 4.79 Å². The molecule has 0 saturated heterocycles. The van der Waals surface area contributed by atoms with E-state index in [9.17, 15) is 4.79 Å². The van der Waals surface area contributed by atoms with Gasteiger partial charge in [-0.05, 0) is 27.9 Å². The van der Waals surface area contributed by atoms with Gasteiger partial charge in [0.25, 0.3) is 5.91 Å². The first-order valence-corrected chi connectivity index (χ1v) is 6.61.